The summed E-state index contributed by atoms with van der Waals surface area (Å²) in [5.41, 5.74) is 1.96. The smallest absolute Gasteiger partial charge is 0.212 e. The topological polar surface area (TPSA) is 36.3 Å². The standard InChI is InChI=1S/C22H19BrN2O2/c1-26-22-15-21(16-5-3-2-4-6-16)24-25(22)11-12-27-20-10-8-17-13-19(23)9-7-18(17)14-20/h2-10,13-15H,11-12H2,1H3. The van der Waals surface area contributed by atoms with Gasteiger partial charge in [0.25, 0.3) is 0 Å². The van der Waals surface area contributed by atoms with E-state index in [4.69, 9.17) is 9.47 Å². The molecule has 4 aromatic rings. The van der Waals surface area contributed by atoms with E-state index in [9.17, 15) is 0 Å². The van der Waals surface area contributed by atoms with E-state index in [2.05, 4.69) is 45.3 Å². The van der Waals surface area contributed by atoms with E-state index in [0.717, 1.165) is 32.7 Å². The Bertz CT molecular complexity index is 1060. The van der Waals surface area contributed by atoms with Crippen molar-refractivity contribution in [2.45, 2.75) is 6.54 Å². The van der Waals surface area contributed by atoms with Crippen LogP contribution in [0.3, 0.4) is 0 Å². The number of hydrogen-bond acceptors (Lipinski definition) is 3. The van der Waals surface area contributed by atoms with Gasteiger partial charge in [-0.05, 0) is 35.0 Å². The molecule has 0 spiro atoms. The van der Waals surface area contributed by atoms with Crippen molar-refractivity contribution in [1.29, 1.82) is 0 Å². The SMILES string of the molecule is COc1cc(-c2ccccc2)nn1CCOc1ccc2cc(Br)ccc2c1. The second-order valence-corrected chi connectivity index (χ2v) is 7.08. The van der Waals surface area contributed by atoms with E-state index in [1.54, 1.807) is 7.11 Å². The fraction of sp³-hybridized carbons (Fsp3) is 0.136. The number of benzene rings is 3. The van der Waals surface area contributed by atoms with E-state index in [1.165, 1.54) is 5.39 Å². The summed E-state index contributed by atoms with van der Waals surface area (Å²) in [5.74, 6) is 1.57. The first-order chi connectivity index (χ1) is 13.2. The first-order valence-corrected chi connectivity index (χ1v) is 9.51. The lowest BCUT2D eigenvalue weighted by molar-refractivity contribution is 0.275. The maximum absolute atomic E-state index is 5.93. The molecule has 0 unspecified atom stereocenters. The Hall–Kier alpha value is -2.79. The molecule has 3 aromatic carbocycles. The van der Waals surface area contributed by atoms with Gasteiger partial charge < -0.3 is 9.47 Å². The van der Waals surface area contributed by atoms with Gasteiger partial charge in [-0.2, -0.15) is 5.10 Å². The van der Waals surface area contributed by atoms with E-state index in [1.807, 2.05) is 53.2 Å². The third-order valence-corrected chi connectivity index (χ3v) is 4.86. The maximum atomic E-state index is 5.93. The summed E-state index contributed by atoms with van der Waals surface area (Å²) in [6.07, 6.45) is 0. The fourth-order valence-corrected chi connectivity index (χ4v) is 3.39. The first-order valence-electron chi connectivity index (χ1n) is 8.72. The summed E-state index contributed by atoms with van der Waals surface area (Å²) in [7, 11) is 1.66. The van der Waals surface area contributed by atoms with Crippen LogP contribution in [0, 0.1) is 0 Å². The van der Waals surface area contributed by atoms with Crippen molar-refractivity contribution >= 4 is 26.7 Å². The quantitative estimate of drug-likeness (QED) is 0.408. The highest BCUT2D eigenvalue weighted by molar-refractivity contribution is 9.10. The number of halogens is 1. The Morgan fingerprint density at radius 3 is 2.52 bits per heavy atom. The normalized spacial score (nSPS) is 10.9. The fourth-order valence-electron chi connectivity index (χ4n) is 3.01. The van der Waals surface area contributed by atoms with E-state index >= 15 is 0 Å². The number of hydrogen-bond donors (Lipinski definition) is 0. The predicted molar refractivity (Wildman–Crippen MR) is 111 cm³/mol. The van der Waals surface area contributed by atoms with Crippen LogP contribution in [0.15, 0.2) is 77.3 Å². The molecule has 0 aliphatic heterocycles. The maximum Gasteiger partial charge on any atom is 0.212 e. The van der Waals surface area contributed by atoms with Gasteiger partial charge in [0.2, 0.25) is 5.88 Å². The molecule has 4 nitrogen and oxygen atoms in total. The summed E-state index contributed by atoms with van der Waals surface area (Å²) in [5, 5.41) is 6.98. The first kappa shape index (κ1) is 17.6. The lowest BCUT2D eigenvalue weighted by atomic mass is 10.1. The molecule has 0 radical (unpaired) electrons. The minimum Gasteiger partial charge on any atom is -0.492 e. The second kappa shape index (κ2) is 7.84. The van der Waals surface area contributed by atoms with Gasteiger partial charge in [0.1, 0.15) is 12.4 Å². The third kappa shape index (κ3) is 3.98. The van der Waals surface area contributed by atoms with Crippen molar-refractivity contribution in [3.63, 3.8) is 0 Å². The summed E-state index contributed by atoms with van der Waals surface area (Å²) in [6.45, 7) is 1.11. The van der Waals surface area contributed by atoms with Gasteiger partial charge in [-0.25, -0.2) is 4.68 Å². The predicted octanol–water partition coefficient (Wildman–Crippen LogP) is 5.55. The van der Waals surface area contributed by atoms with Crippen LogP contribution in [0.25, 0.3) is 22.0 Å². The molecular formula is C22H19BrN2O2. The molecule has 27 heavy (non-hydrogen) atoms. The summed E-state index contributed by atoms with van der Waals surface area (Å²) >= 11 is 3.50. The molecule has 0 amide bonds. The molecule has 1 aromatic heterocycles. The van der Waals surface area contributed by atoms with Gasteiger partial charge in [0.15, 0.2) is 0 Å². The van der Waals surface area contributed by atoms with Crippen LogP contribution in [0.2, 0.25) is 0 Å². The molecule has 0 aliphatic rings. The van der Waals surface area contributed by atoms with E-state index in [0.29, 0.717) is 13.2 Å². The number of ether oxygens (including phenoxy) is 2. The van der Waals surface area contributed by atoms with Gasteiger partial charge in [0.05, 0.1) is 19.3 Å². The van der Waals surface area contributed by atoms with Crippen molar-refractivity contribution in [1.82, 2.24) is 9.78 Å². The van der Waals surface area contributed by atoms with Crippen LogP contribution in [0.4, 0.5) is 0 Å². The van der Waals surface area contributed by atoms with Gasteiger partial charge >= 0.3 is 0 Å². The molecule has 0 bridgehead atoms. The number of nitrogens with zero attached hydrogens (tertiary/aromatic N) is 2. The Morgan fingerprint density at radius 1 is 0.926 bits per heavy atom. The molecule has 1 heterocycles. The zero-order valence-electron chi connectivity index (χ0n) is 14.9. The minimum atomic E-state index is 0.508. The summed E-state index contributed by atoms with van der Waals surface area (Å²) in [6, 6.07) is 24.3. The van der Waals surface area contributed by atoms with Crippen LogP contribution in [0.1, 0.15) is 0 Å². The monoisotopic (exact) mass is 422 g/mol. The zero-order chi connectivity index (χ0) is 18.6. The third-order valence-electron chi connectivity index (χ3n) is 4.37. The van der Waals surface area contributed by atoms with Crippen molar-refractivity contribution in [3.05, 3.63) is 77.3 Å². The van der Waals surface area contributed by atoms with Gasteiger partial charge in [-0.1, -0.05) is 58.4 Å². The van der Waals surface area contributed by atoms with Gasteiger partial charge in [-0.15, -0.1) is 0 Å². The average molecular weight is 423 g/mol. The summed E-state index contributed by atoms with van der Waals surface area (Å²) < 4.78 is 14.3. The average Bonchev–Trinajstić information content (AvgIpc) is 3.12. The molecule has 0 saturated heterocycles. The molecule has 0 saturated carbocycles. The largest absolute Gasteiger partial charge is 0.492 e. The number of fused-ring (bicyclic) bond motifs is 1. The lowest BCUT2D eigenvalue weighted by Gasteiger charge is -2.09. The molecule has 0 fully saturated rings. The Morgan fingerprint density at radius 2 is 1.70 bits per heavy atom. The van der Waals surface area contributed by atoms with Crippen LogP contribution in [-0.2, 0) is 6.54 Å². The van der Waals surface area contributed by atoms with Crippen molar-refractivity contribution in [2.24, 2.45) is 0 Å². The number of aromatic nitrogens is 2. The van der Waals surface area contributed by atoms with Crippen LogP contribution < -0.4 is 9.47 Å². The molecular weight excluding hydrogens is 404 g/mol. The Balaban J connectivity index is 1.46. The Kier molecular flexibility index (Phi) is 5.12. The van der Waals surface area contributed by atoms with Crippen LogP contribution in [0.5, 0.6) is 11.6 Å². The van der Waals surface area contributed by atoms with E-state index in [-0.39, 0.29) is 0 Å². The van der Waals surface area contributed by atoms with Gasteiger partial charge in [0, 0.05) is 16.1 Å². The van der Waals surface area contributed by atoms with Crippen LogP contribution in [-0.4, -0.2) is 23.5 Å². The molecule has 5 heteroatoms. The summed E-state index contributed by atoms with van der Waals surface area (Å²) in [4.78, 5) is 0. The molecule has 0 atom stereocenters. The zero-order valence-corrected chi connectivity index (χ0v) is 16.5. The highest BCUT2D eigenvalue weighted by Gasteiger charge is 2.10. The molecule has 0 N–H and O–H groups in total. The second-order valence-electron chi connectivity index (χ2n) is 6.16. The molecule has 0 aliphatic carbocycles. The minimum absolute atomic E-state index is 0.508. The Labute approximate surface area is 166 Å². The van der Waals surface area contributed by atoms with Crippen molar-refractivity contribution in [3.8, 4) is 22.9 Å². The molecule has 136 valence electrons. The molecule has 4 rings (SSSR count). The van der Waals surface area contributed by atoms with Crippen LogP contribution >= 0.6 is 15.9 Å². The van der Waals surface area contributed by atoms with Gasteiger partial charge in [-0.3, -0.25) is 0 Å². The van der Waals surface area contributed by atoms with E-state index < -0.39 is 0 Å². The van der Waals surface area contributed by atoms with Crippen molar-refractivity contribution < 1.29 is 9.47 Å². The number of rotatable bonds is 6. The lowest BCUT2D eigenvalue weighted by Crippen LogP contribution is -2.10. The number of methoxy groups -OCH3 is 1. The van der Waals surface area contributed by atoms with Crippen molar-refractivity contribution in [2.75, 3.05) is 13.7 Å². The highest BCUT2D eigenvalue weighted by Crippen LogP contribution is 2.25. The highest BCUT2D eigenvalue weighted by atomic mass is 79.9.